The third kappa shape index (κ3) is 3.38. The van der Waals surface area contributed by atoms with Gasteiger partial charge in [0.15, 0.2) is 0 Å². The normalized spacial score (nSPS) is 16.3. The molecule has 0 aliphatic heterocycles. The summed E-state index contributed by atoms with van der Waals surface area (Å²) in [6.45, 7) is 2.18. The molecule has 1 aromatic rings. The highest BCUT2D eigenvalue weighted by Gasteiger charge is 2.24. The molecular weight excluding hydrogens is 232 g/mol. The Morgan fingerprint density at radius 3 is 2.88 bits per heavy atom. The van der Waals surface area contributed by atoms with E-state index in [-0.39, 0.29) is 0 Å². The molecular formula is C14H17ClN2. The van der Waals surface area contributed by atoms with E-state index in [1.807, 2.05) is 6.07 Å². The van der Waals surface area contributed by atoms with Crippen LogP contribution in [0.3, 0.4) is 0 Å². The molecule has 1 aliphatic rings. The van der Waals surface area contributed by atoms with Gasteiger partial charge in [-0.25, -0.2) is 0 Å². The molecule has 17 heavy (non-hydrogen) atoms. The fraction of sp³-hybridized carbons (Fsp3) is 0.500. The molecule has 0 heterocycles. The lowest BCUT2D eigenvalue weighted by Crippen LogP contribution is -2.19. The lowest BCUT2D eigenvalue weighted by molar-refractivity contribution is 0.587. The van der Waals surface area contributed by atoms with Crippen molar-refractivity contribution in [1.82, 2.24) is 0 Å². The third-order valence-corrected chi connectivity index (χ3v) is 3.50. The number of anilines is 1. The zero-order valence-electron chi connectivity index (χ0n) is 10.0. The number of nitriles is 1. The fourth-order valence-electron chi connectivity index (χ4n) is 2.04. The molecule has 1 aromatic carbocycles. The summed E-state index contributed by atoms with van der Waals surface area (Å²) in [6.07, 6.45) is 5.00. The number of nitrogens with one attached hydrogen (secondary N) is 1. The Kier molecular flexibility index (Phi) is 3.91. The van der Waals surface area contributed by atoms with Crippen molar-refractivity contribution >= 4 is 17.3 Å². The Labute approximate surface area is 108 Å². The molecule has 1 fully saturated rings. The van der Waals surface area contributed by atoms with Crippen LogP contribution in [0, 0.1) is 17.2 Å². The van der Waals surface area contributed by atoms with Gasteiger partial charge < -0.3 is 5.32 Å². The summed E-state index contributed by atoms with van der Waals surface area (Å²) in [5.41, 5.74) is 1.54. The molecule has 90 valence electrons. The standard InChI is InChI=1S/C14H17ClN2/c1-2-13(7-10-3-4-10)17-14-8-12(15)6-5-11(14)9-16/h5-6,8,10,13,17H,2-4,7H2,1H3. The topological polar surface area (TPSA) is 35.8 Å². The predicted octanol–water partition coefficient (Wildman–Crippen LogP) is 4.20. The smallest absolute Gasteiger partial charge is 0.101 e. The average molecular weight is 249 g/mol. The third-order valence-electron chi connectivity index (χ3n) is 3.27. The second-order valence-corrected chi connectivity index (χ2v) is 5.17. The average Bonchev–Trinajstić information content (AvgIpc) is 3.12. The van der Waals surface area contributed by atoms with E-state index >= 15 is 0 Å². The highest BCUT2D eigenvalue weighted by molar-refractivity contribution is 6.30. The van der Waals surface area contributed by atoms with E-state index in [9.17, 15) is 0 Å². The van der Waals surface area contributed by atoms with Crippen molar-refractivity contribution in [2.24, 2.45) is 5.92 Å². The van der Waals surface area contributed by atoms with E-state index in [1.54, 1.807) is 12.1 Å². The molecule has 1 unspecified atom stereocenters. The molecule has 1 aliphatic carbocycles. The van der Waals surface area contributed by atoms with E-state index in [0.29, 0.717) is 16.6 Å². The van der Waals surface area contributed by atoms with Crippen LogP contribution in [-0.4, -0.2) is 6.04 Å². The maximum atomic E-state index is 9.06. The van der Waals surface area contributed by atoms with E-state index in [2.05, 4.69) is 18.3 Å². The van der Waals surface area contributed by atoms with Gasteiger partial charge >= 0.3 is 0 Å². The number of rotatable bonds is 5. The van der Waals surface area contributed by atoms with Gasteiger partial charge in [-0.2, -0.15) is 5.26 Å². The summed E-state index contributed by atoms with van der Waals surface area (Å²) >= 11 is 5.97. The van der Waals surface area contributed by atoms with Gasteiger partial charge in [-0.05, 0) is 37.0 Å². The van der Waals surface area contributed by atoms with Gasteiger partial charge in [0.25, 0.3) is 0 Å². The Bertz CT molecular complexity index is 432. The number of hydrogen-bond donors (Lipinski definition) is 1. The van der Waals surface area contributed by atoms with Crippen LogP contribution in [0.15, 0.2) is 18.2 Å². The summed E-state index contributed by atoms with van der Waals surface area (Å²) in [5, 5.41) is 13.2. The van der Waals surface area contributed by atoms with Crippen LogP contribution in [0.2, 0.25) is 5.02 Å². The summed E-state index contributed by atoms with van der Waals surface area (Å²) in [7, 11) is 0. The zero-order chi connectivity index (χ0) is 12.3. The predicted molar refractivity (Wildman–Crippen MR) is 71.2 cm³/mol. The Hall–Kier alpha value is -1.20. The van der Waals surface area contributed by atoms with Gasteiger partial charge in [0.05, 0.1) is 11.3 Å². The van der Waals surface area contributed by atoms with Crippen molar-refractivity contribution < 1.29 is 0 Å². The molecule has 1 atom stereocenters. The summed E-state index contributed by atoms with van der Waals surface area (Å²) in [5.74, 6) is 0.886. The number of nitrogens with zero attached hydrogens (tertiary/aromatic N) is 1. The SMILES string of the molecule is CCC(CC1CC1)Nc1cc(Cl)ccc1C#N. The van der Waals surface area contributed by atoms with Gasteiger partial charge in [-0.3, -0.25) is 0 Å². The second-order valence-electron chi connectivity index (χ2n) is 4.73. The second kappa shape index (κ2) is 5.42. The molecule has 0 bridgehead atoms. The molecule has 0 aromatic heterocycles. The van der Waals surface area contributed by atoms with Crippen molar-refractivity contribution in [1.29, 1.82) is 5.26 Å². The van der Waals surface area contributed by atoms with E-state index < -0.39 is 0 Å². The molecule has 2 nitrogen and oxygen atoms in total. The first-order valence-corrected chi connectivity index (χ1v) is 6.57. The Morgan fingerprint density at radius 2 is 2.29 bits per heavy atom. The minimum absolute atomic E-state index is 0.452. The van der Waals surface area contributed by atoms with Crippen molar-refractivity contribution in [2.45, 2.75) is 38.6 Å². The molecule has 1 saturated carbocycles. The fourth-order valence-corrected chi connectivity index (χ4v) is 2.21. The largest absolute Gasteiger partial charge is 0.381 e. The van der Waals surface area contributed by atoms with E-state index in [4.69, 9.17) is 16.9 Å². The van der Waals surface area contributed by atoms with Gasteiger partial charge in [0.1, 0.15) is 6.07 Å². The molecule has 0 radical (unpaired) electrons. The zero-order valence-corrected chi connectivity index (χ0v) is 10.8. The lowest BCUT2D eigenvalue weighted by Gasteiger charge is -2.19. The van der Waals surface area contributed by atoms with Crippen LogP contribution in [0.25, 0.3) is 0 Å². The van der Waals surface area contributed by atoms with Crippen LogP contribution in [0.4, 0.5) is 5.69 Å². The monoisotopic (exact) mass is 248 g/mol. The number of hydrogen-bond acceptors (Lipinski definition) is 2. The van der Waals surface area contributed by atoms with Gasteiger partial charge in [-0.1, -0.05) is 31.4 Å². The van der Waals surface area contributed by atoms with Gasteiger partial charge in [-0.15, -0.1) is 0 Å². The summed E-state index contributed by atoms with van der Waals surface area (Å²) in [6, 6.07) is 8.02. The number of halogens is 1. The maximum absolute atomic E-state index is 9.06. The van der Waals surface area contributed by atoms with Crippen LogP contribution >= 0.6 is 11.6 Å². The first-order chi connectivity index (χ1) is 8.22. The van der Waals surface area contributed by atoms with E-state index in [1.165, 1.54) is 19.3 Å². The Balaban J connectivity index is 2.09. The van der Waals surface area contributed by atoms with Gasteiger partial charge in [0, 0.05) is 11.1 Å². The highest BCUT2D eigenvalue weighted by Crippen LogP contribution is 2.35. The molecule has 0 amide bonds. The molecule has 0 spiro atoms. The van der Waals surface area contributed by atoms with Crippen molar-refractivity contribution in [2.75, 3.05) is 5.32 Å². The quantitative estimate of drug-likeness (QED) is 0.848. The van der Waals surface area contributed by atoms with Crippen LogP contribution in [0.1, 0.15) is 38.2 Å². The molecule has 3 heteroatoms. The highest BCUT2D eigenvalue weighted by atomic mass is 35.5. The summed E-state index contributed by atoms with van der Waals surface area (Å²) < 4.78 is 0. The molecule has 2 rings (SSSR count). The van der Waals surface area contributed by atoms with Gasteiger partial charge in [0.2, 0.25) is 0 Å². The molecule has 1 N–H and O–H groups in total. The Morgan fingerprint density at radius 1 is 1.53 bits per heavy atom. The maximum Gasteiger partial charge on any atom is 0.101 e. The lowest BCUT2D eigenvalue weighted by atomic mass is 10.1. The van der Waals surface area contributed by atoms with Crippen molar-refractivity contribution in [3.05, 3.63) is 28.8 Å². The van der Waals surface area contributed by atoms with Crippen LogP contribution in [-0.2, 0) is 0 Å². The van der Waals surface area contributed by atoms with Crippen LogP contribution < -0.4 is 5.32 Å². The minimum atomic E-state index is 0.452. The van der Waals surface area contributed by atoms with Crippen LogP contribution in [0.5, 0.6) is 0 Å². The summed E-state index contributed by atoms with van der Waals surface area (Å²) in [4.78, 5) is 0. The number of benzene rings is 1. The minimum Gasteiger partial charge on any atom is -0.381 e. The van der Waals surface area contributed by atoms with Crippen molar-refractivity contribution in [3.63, 3.8) is 0 Å². The first kappa shape index (κ1) is 12.3. The van der Waals surface area contributed by atoms with E-state index in [0.717, 1.165) is 18.0 Å². The van der Waals surface area contributed by atoms with Crippen molar-refractivity contribution in [3.8, 4) is 6.07 Å². The molecule has 0 saturated heterocycles. The first-order valence-electron chi connectivity index (χ1n) is 6.19.